The predicted octanol–water partition coefficient (Wildman–Crippen LogP) is 4.68. The average Bonchev–Trinajstić information content (AvgIpc) is 3.18. The summed E-state index contributed by atoms with van der Waals surface area (Å²) in [5.41, 5.74) is 3.16. The molecule has 1 unspecified atom stereocenters. The normalized spacial score (nSPS) is 14.7. The summed E-state index contributed by atoms with van der Waals surface area (Å²) >= 11 is 0. The summed E-state index contributed by atoms with van der Waals surface area (Å²) in [5, 5.41) is 22.5. The zero-order valence-corrected chi connectivity index (χ0v) is 19.9. The highest BCUT2D eigenvalue weighted by Gasteiger charge is 2.28. The predicted molar refractivity (Wildman–Crippen MR) is 127 cm³/mol. The summed E-state index contributed by atoms with van der Waals surface area (Å²) in [6.07, 6.45) is 3.65. The van der Waals surface area contributed by atoms with Gasteiger partial charge in [-0.3, -0.25) is 4.79 Å². The molecule has 1 atom stereocenters. The maximum atomic E-state index is 14.2. The van der Waals surface area contributed by atoms with E-state index < -0.39 is 23.7 Å². The van der Waals surface area contributed by atoms with Crippen molar-refractivity contribution in [1.29, 1.82) is 0 Å². The van der Waals surface area contributed by atoms with Gasteiger partial charge in [0, 0.05) is 18.5 Å². The Hall–Kier alpha value is -2.51. The quantitative estimate of drug-likeness (QED) is 0.367. The van der Waals surface area contributed by atoms with E-state index in [-0.39, 0.29) is 30.9 Å². The molecule has 0 amide bonds. The largest absolute Gasteiger partial charge is 0.488 e. The molecule has 0 saturated heterocycles. The number of ether oxygens (including phenoxy) is 1. The molecule has 0 heterocycles. The lowest BCUT2D eigenvalue weighted by molar-refractivity contribution is -0.137. The van der Waals surface area contributed by atoms with Gasteiger partial charge in [-0.1, -0.05) is 24.3 Å². The number of fused-ring (bicyclic) bond motifs is 1. The lowest BCUT2D eigenvalue weighted by Crippen LogP contribution is -2.46. The van der Waals surface area contributed by atoms with Crippen LogP contribution >= 0.6 is 0 Å². The van der Waals surface area contributed by atoms with Crippen LogP contribution in [-0.4, -0.2) is 41.0 Å². The third-order valence-electron chi connectivity index (χ3n) is 6.34. The van der Waals surface area contributed by atoms with Gasteiger partial charge in [-0.05, 0) is 87.1 Å². The van der Waals surface area contributed by atoms with Crippen molar-refractivity contribution in [1.82, 2.24) is 5.32 Å². The molecule has 3 N–H and O–H groups in total. The first-order valence-corrected chi connectivity index (χ1v) is 12.0. The Morgan fingerprint density at radius 1 is 1.18 bits per heavy atom. The molecule has 5 nitrogen and oxygen atoms in total. The summed E-state index contributed by atoms with van der Waals surface area (Å²) in [6, 6.07) is 11.0. The molecule has 7 heteroatoms. The van der Waals surface area contributed by atoms with Gasteiger partial charge in [-0.2, -0.15) is 4.39 Å². The minimum absolute atomic E-state index is 0.0380. The first kappa shape index (κ1) is 26.1. The SMILES string of the molecule is CC(C)(CC1Cc2ccccc2C1)NCC(O)COc1cc(CCCCC(=O)O)cc(F)c1F. The molecule has 2 aromatic rings. The molecule has 1 aliphatic rings. The van der Waals surface area contributed by atoms with Crippen LogP contribution in [0, 0.1) is 17.6 Å². The van der Waals surface area contributed by atoms with Gasteiger partial charge in [-0.15, -0.1) is 0 Å². The van der Waals surface area contributed by atoms with Crippen molar-refractivity contribution in [3.8, 4) is 5.75 Å². The number of halogens is 2. The number of carbonyl (C=O) groups is 1. The summed E-state index contributed by atoms with van der Waals surface area (Å²) in [5.74, 6) is -2.68. The lowest BCUT2D eigenvalue weighted by Gasteiger charge is -2.30. The van der Waals surface area contributed by atoms with E-state index in [9.17, 15) is 18.7 Å². The van der Waals surface area contributed by atoms with Gasteiger partial charge in [0.1, 0.15) is 12.7 Å². The number of carboxylic acids is 1. The average molecular weight is 476 g/mol. The van der Waals surface area contributed by atoms with Crippen LogP contribution in [0.5, 0.6) is 5.75 Å². The van der Waals surface area contributed by atoms with Crippen molar-refractivity contribution in [2.45, 2.75) is 70.4 Å². The second kappa shape index (κ2) is 11.8. The molecule has 1 aliphatic carbocycles. The zero-order chi connectivity index (χ0) is 24.7. The Morgan fingerprint density at radius 2 is 1.85 bits per heavy atom. The third kappa shape index (κ3) is 7.77. The summed E-state index contributed by atoms with van der Waals surface area (Å²) in [6.45, 7) is 4.31. The van der Waals surface area contributed by atoms with Crippen LogP contribution in [0.3, 0.4) is 0 Å². The molecule has 0 spiro atoms. The number of unbranched alkanes of at least 4 members (excludes halogenated alkanes) is 1. The van der Waals surface area contributed by atoms with Gasteiger partial charge in [-0.25, -0.2) is 4.39 Å². The third-order valence-corrected chi connectivity index (χ3v) is 6.34. The second-order valence-electron chi connectivity index (χ2n) is 9.97. The number of nitrogens with one attached hydrogen (secondary N) is 1. The number of hydrogen-bond donors (Lipinski definition) is 3. The van der Waals surface area contributed by atoms with Crippen LogP contribution in [0.4, 0.5) is 8.78 Å². The van der Waals surface area contributed by atoms with Gasteiger partial charge < -0.3 is 20.3 Å². The van der Waals surface area contributed by atoms with E-state index in [1.165, 1.54) is 17.2 Å². The van der Waals surface area contributed by atoms with Gasteiger partial charge in [0.2, 0.25) is 5.82 Å². The Bertz CT molecular complexity index is 954. The van der Waals surface area contributed by atoms with Crippen molar-refractivity contribution in [2.24, 2.45) is 5.92 Å². The number of aliphatic hydroxyl groups excluding tert-OH is 1. The van der Waals surface area contributed by atoms with Gasteiger partial charge in [0.25, 0.3) is 0 Å². The Morgan fingerprint density at radius 3 is 2.50 bits per heavy atom. The van der Waals surface area contributed by atoms with Crippen LogP contribution in [0.1, 0.15) is 56.2 Å². The number of aliphatic carboxylic acids is 1. The molecular weight excluding hydrogens is 440 g/mol. The van der Waals surface area contributed by atoms with Crippen LogP contribution in [0.2, 0.25) is 0 Å². The Kier molecular flexibility index (Phi) is 9.03. The fraction of sp³-hybridized carbons (Fsp3) is 0.519. The van der Waals surface area contributed by atoms with Crippen molar-refractivity contribution >= 4 is 5.97 Å². The fourth-order valence-electron chi connectivity index (χ4n) is 4.70. The summed E-state index contributed by atoms with van der Waals surface area (Å²) < 4.78 is 33.5. The molecule has 0 aromatic heterocycles. The number of rotatable bonds is 13. The molecule has 0 radical (unpaired) electrons. The molecule has 34 heavy (non-hydrogen) atoms. The lowest BCUT2D eigenvalue weighted by atomic mass is 9.88. The van der Waals surface area contributed by atoms with E-state index in [4.69, 9.17) is 9.84 Å². The standard InChI is InChI=1S/C27H35F2NO4/c1-27(2,15-19-11-20-8-4-5-9-21(20)12-19)30-16-22(31)17-34-24-14-18(13-23(28)26(24)29)7-3-6-10-25(32)33/h4-5,8-9,13-14,19,22,30-31H,3,6-7,10-12,15-17H2,1-2H3,(H,32,33). The van der Waals surface area contributed by atoms with Crippen LogP contribution in [-0.2, 0) is 24.1 Å². The van der Waals surface area contributed by atoms with E-state index in [0.29, 0.717) is 30.7 Å². The van der Waals surface area contributed by atoms with Gasteiger partial charge >= 0.3 is 5.97 Å². The molecule has 186 valence electrons. The van der Waals surface area contributed by atoms with Crippen molar-refractivity contribution in [3.63, 3.8) is 0 Å². The summed E-state index contributed by atoms with van der Waals surface area (Å²) in [4.78, 5) is 10.6. The number of hydrogen-bond acceptors (Lipinski definition) is 4. The first-order chi connectivity index (χ1) is 16.1. The molecule has 0 aliphatic heterocycles. The smallest absolute Gasteiger partial charge is 0.303 e. The second-order valence-corrected chi connectivity index (χ2v) is 9.97. The Balaban J connectivity index is 1.45. The van der Waals surface area contributed by atoms with E-state index in [0.717, 1.165) is 25.3 Å². The van der Waals surface area contributed by atoms with Crippen molar-refractivity contribution in [3.05, 3.63) is 64.7 Å². The summed E-state index contributed by atoms with van der Waals surface area (Å²) in [7, 11) is 0. The number of aliphatic hydroxyl groups is 1. The number of benzene rings is 2. The number of β-amino-alcohol motifs (C(OH)–C–C–N with tert-alkyl or cyclic N) is 1. The van der Waals surface area contributed by atoms with E-state index in [1.54, 1.807) is 0 Å². The molecule has 2 aromatic carbocycles. The molecule has 0 bridgehead atoms. The zero-order valence-electron chi connectivity index (χ0n) is 19.9. The maximum absolute atomic E-state index is 14.2. The van der Waals surface area contributed by atoms with Crippen molar-refractivity contribution < 1.29 is 28.5 Å². The van der Waals surface area contributed by atoms with Gasteiger partial charge in [0.15, 0.2) is 11.6 Å². The van der Waals surface area contributed by atoms with Gasteiger partial charge in [0.05, 0.1) is 0 Å². The van der Waals surface area contributed by atoms with Crippen LogP contribution < -0.4 is 10.1 Å². The topological polar surface area (TPSA) is 78.8 Å². The first-order valence-electron chi connectivity index (χ1n) is 12.0. The minimum atomic E-state index is -1.09. The van der Waals surface area contributed by atoms with E-state index >= 15 is 0 Å². The fourth-order valence-corrected chi connectivity index (χ4v) is 4.70. The van der Waals surface area contributed by atoms with E-state index in [1.807, 2.05) is 0 Å². The van der Waals surface area contributed by atoms with Crippen LogP contribution in [0.25, 0.3) is 0 Å². The monoisotopic (exact) mass is 475 g/mol. The number of aryl methyl sites for hydroxylation is 1. The highest BCUT2D eigenvalue weighted by Crippen LogP contribution is 2.32. The molecule has 0 saturated carbocycles. The maximum Gasteiger partial charge on any atom is 0.303 e. The number of carboxylic acid groups (broad SMARTS) is 1. The van der Waals surface area contributed by atoms with Crippen LogP contribution in [0.15, 0.2) is 36.4 Å². The molecular formula is C27H35F2NO4. The van der Waals surface area contributed by atoms with E-state index in [2.05, 4.69) is 43.4 Å². The van der Waals surface area contributed by atoms with Crippen molar-refractivity contribution in [2.75, 3.05) is 13.2 Å². The minimum Gasteiger partial charge on any atom is -0.488 e. The molecule has 3 rings (SSSR count). The molecule has 0 fully saturated rings. The highest BCUT2D eigenvalue weighted by molar-refractivity contribution is 5.66. The highest BCUT2D eigenvalue weighted by atomic mass is 19.2. The Labute approximate surface area is 200 Å².